The molecular formula is C29H31BrClFN2O4S. The first kappa shape index (κ1) is 29.5. The average molecular weight is 638 g/mol. The van der Waals surface area contributed by atoms with E-state index in [1.807, 2.05) is 50.2 Å². The standard InChI is InChI=1S/C29H31BrClFN2O4S/c1-29(2)21(15-16-34(29)28(35)38-18-20-9-4-3-5-10-20)19-39(36,37)33-27(22-11-6-7-12-24(22)30)17-23-25(31)13-8-14-26(23)32/h3-14,21,27,33H,15-19H2,1-2H3. The van der Waals surface area contributed by atoms with Gasteiger partial charge < -0.3 is 9.64 Å². The van der Waals surface area contributed by atoms with Crippen molar-refractivity contribution in [2.75, 3.05) is 12.3 Å². The van der Waals surface area contributed by atoms with E-state index in [4.69, 9.17) is 16.3 Å². The highest BCUT2D eigenvalue weighted by Crippen LogP contribution is 2.37. The molecule has 2 unspecified atom stereocenters. The number of likely N-dealkylation sites (tertiary alicyclic amines) is 1. The highest BCUT2D eigenvalue weighted by molar-refractivity contribution is 9.10. The molecule has 0 aliphatic carbocycles. The number of ether oxygens (including phenoxy) is 1. The maximum atomic E-state index is 14.7. The third kappa shape index (κ3) is 7.20. The van der Waals surface area contributed by atoms with Gasteiger partial charge in [0.05, 0.1) is 11.8 Å². The number of hydrogen-bond acceptors (Lipinski definition) is 4. The average Bonchev–Trinajstić information content (AvgIpc) is 3.18. The number of benzene rings is 3. The lowest BCUT2D eigenvalue weighted by Gasteiger charge is -2.35. The highest BCUT2D eigenvalue weighted by atomic mass is 79.9. The molecular weight excluding hydrogens is 607 g/mol. The van der Waals surface area contributed by atoms with E-state index in [1.54, 1.807) is 29.2 Å². The molecule has 6 nitrogen and oxygen atoms in total. The monoisotopic (exact) mass is 636 g/mol. The van der Waals surface area contributed by atoms with Crippen molar-refractivity contribution in [3.8, 4) is 0 Å². The zero-order valence-corrected chi connectivity index (χ0v) is 24.9. The van der Waals surface area contributed by atoms with Gasteiger partial charge in [0.1, 0.15) is 12.4 Å². The maximum Gasteiger partial charge on any atom is 0.410 e. The van der Waals surface area contributed by atoms with Gasteiger partial charge in [0, 0.05) is 27.1 Å². The first-order chi connectivity index (χ1) is 18.5. The van der Waals surface area contributed by atoms with E-state index in [9.17, 15) is 17.6 Å². The van der Waals surface area contributed by atoms with Crippen LogP contribution in [0.15, 0.2) is 77.3 Å². The third-order valence-corrected chi connectivity index (χ3v) is 9.88. The fraction of sp³-hybridized carbons (Fsp3) is 0.345. The molecule has 2 atom stereocenters. The predicted molar refractivity (Wildman–Crippen MR) is 154 cm³/mol. The summed E-state index contributed by atoms with van der Waals surface area (Å²) >= 11 is 9.78. The molecule has 1 aliphatic heterocycles. The minimum atomic E-state index is -3.87. The Morgan fingerprint density at radius 3 is 2.51 bits per heavy atom. The van der Waals surface area contributed by atoms with Gasteiger partial charge >= 0.3 is 6.09 Å². The summed E-state index contributed by atoms with van der Waals surface area (Å²) in [6.07, 6.45) is 0.0593. The van der Waals surface area contributed by atoms with Crippen LogP contribution in [0.3, 0.4) is 0 Å². The third-order valence-electron chi connectivity index (χ3n) is 7.31. The van der Waals surface area contributed by atoms with Crippen LogP contribution < -0.4 is 4.72 Å². The predicted octanol–water partition coefficient (Wildman–Crippen LogP) is 6.88. The van der Waals surface area contributed by atoms with Gasteiger partial charge in [-0.05, 0) is 61.9 Å². The Hall–Kier alpha value is -2.46. The number of carbonyl (C=O) groups is 1. The fourth-order valence-corrected chi connectivity index (χ4v) is 7.64. The van der Waals surface area contributed by atoms with Gasteiger partial charge in [0.15, 0.2) is 0 Å². The molecule has 1 aliphatic rings. The topological polar surface area (TPSA) is 75.7 Å². The van der Waals surface area contributed by atoms with E-state index >= 15 is 0 Å². The van der Waals surface area contributed by atoms with Crippen molar-refractivity contribution in [3.63, 3.8) is 0 Å². The summed E-state index contributed by atoms with van der Waals surface area (Å²) < 4.78 is 50.7. The maximum absolute atomic E-state index is 14.7. The minimum absolute atomic E-state index is 0.0271. The van der Waals surface area contributed by atoms with Gasteiger partial charge in [0.25, 0.3) is 0 Å². The van der Waals surface area contributed by atoms with E-state index in [-0.39, 0.29) is 35.3 Å². The summed E-state index contributed by atoms with van der Waals surface area (Å²) in [4.78, 5) is 14.5. The molecule has 0 bridgehead atoms. The zero-order chi connectivity index (χ0) is 28.2. The molecule has 1 saturated heterocycles. The Balaban J connectivity index is 1.49. The Bertz CT molecular complexity index is 1400. The van der Waals surface area contributed by atoms with Gasteiger partial charge in [-0.25, -0.2) is 22.3 Å². The summed E-state index contributed by atoms with van der Waals surface area (Å²) in [5.74, 6) is -1.04. The largest absolute Gasteiger partial charge is 0.445 e. The van der Waals surface area contributed by atoms with E-state index < -0.39 is 33.5 Å². The van der Waals surface area contributed by atoms with Crippen LogP contribution in [0.4, 0.5) is 9.18 Å². The number of nitrogens with zero attached hydrogens (tertiary/aromatic N) is 1. The molecule has 10 heteroatoms. The van der Waals surface area contributed by atoms with E-state index in [2.05, 4.69) is 20.7 Å². The summed E-state index contributed by atoms with van der Waals surface area (Å²) in [5.41, 5.74) is 1.02. The fourth-order valence-electron chi connectivity index (χ4n) is 4.99. The van der Waals surface area contributed by atoms with Gasteiger partial charge in [-0.2, -0.15) is 0 Å². The van der Waals surface area contributed by atoms with E-state index in [1.165, 1.54) is 12.1 Å². The lowest BCUT2D eigenvalue weighted by Crippen LogP contribution is -2.48. The van der Waals surface area contributed by atoms with Crippen LogP contribution in [-0.2, 0) is 27.8 Å². The normalized spacial score (nSPS) is 17.7. The zero-order valence-electron chi connectivity index (χ0n) is 21.7. The number of halogens is 3. The van der Waals surface area contributed by atoms with Gasteiger partial charge in [-0.3, -0.25) is 0 Å². The molecule has 0 aromatic heterocycles. The first-order valence-corrected chi connectivity index (χ1v) is 15.5. The lowest BCUT2D eigenvalue weighted by molar-refractivity contribution is 0.0680. The Kier molecular flexibility index (Phi) is 9.37. The second kappa shape index (κ2) is 12.4. The Labute approximate surface area is 242 Å². The molecule has 1 fully saturated rings. The molecule has 1 heterocycles. The summed E-state index contributed by atoms with van der Waals surface area (Å²) in [6, 6.07) is 20.2. The summed E-state index contributed by atoms with van der Waals surface area (Å²) in [6.45, 7) is 4.24. The molecule has 0 spiro atoms. The van der Waals surface area contributed by atoms with Crippen LogP contribution in [0.25, 0.3) is 0 Å². The second-order valence-electron chi connectivity index (χ2n) is 10.2. The first-order valence-electron chi connectivity index (χ1n) is 12.6. The van der Waals surface area contributed by atoms with Gasteiger partial charge in [-0.15, -0.1) is 0 Å². The number of hydrogen-bond donors (Lipinski definition) is 1. The molecule has 208 valence electrons. The molecule has 39 heavy (non-hydrogen) atoms. The van der Waals surface area contributed by atoms with Crippen LogP contribution >= 0.6 is 27.5 Å². The molecule has 0 radical (unpaired) electrons. The minimum Gasteiger partial charge on any atom is -0.445 e. The smallest absolute Gasteiger partial charge is 0.410 e. The Morgan fingerprint density at radius 2 is 1.82 bits per heavy atom. The molecule has 0 saturated carbocycles. The Morgan fingerprint density at radius 1 is 1.13 bits per heavy atom. The SMILES string of the molecule is CC1(C)C(CS(=O)(=O)NC(Cc2c(F)cccc2Cl)c2ccccc2Br)CCN1C(=O)OCc1ccccc1. The molecule has 3 aromatic rings. The molecule has 4 rings (SSSR count). The van der Waals surface area contributed by atoms with Crippen LogP contribution in [0.1, 0.15) is 43.0 Å². The van der Waals surface area contributed by atoms with Crippen molar-refractivity contribution >= 4 is 43.6 Å². The van der Waals surface area contributed by atoms with Crippen molar-refractivity contribution in [1.29, 1.82) is 0 Å². The van der Waals surface area contributed by atoms with Gasteiger partial charge in [-0.1, -0.05) is 82.1 Å². The highest BCUT2D eigenvalue weighted by Gasteiger charge is 2.46. The number of rotatable bonds is 9. The quantitative estimate of drug-likeness (QED) is 0.278. The summed E-state index contributed by atoms with van der Waals surface area (Å²) in [5, 5.41) is 0.229. The van der Waals surface area contributed by atoms with Crippen LogP contribution in [0.5, 0.6) is 0 Å². The van der Waals surface area contributed by atoms with E-state index in [0.717, 1.165) is 5.56 Å². The van der Waals surface area contributed by atoms with Crippen molar-refractivity contribution in [2.45, 2.75) is 44.9 Å². The number of nitrogens with one attached hydrogen (secondary N) is 1. The van der Waals surface area contributed by atoms with Crippen molar-refractivity contribution < 1.29 is 22.3 Å². The van der Waals surface area contributed by atoms with Crippen LogP contribution in [0, 0.1) is 11.7 Å². The molecule has 1 amide bonds. The van der Waals surface area contributed by atoms with Crippen molar-refractivity contribution in [2.24, 2.45) is 5.92 Å². The second-order valence-corrected chi connectivity index (χ2v) is 13.3. The van der Waals surface area contributed by atoms with Crippen molar-refractivity contribution in [1.82, 2.24) is 9.62 Å². The lowest BCUT2D eigenvalue weighted by atomic mass is 9.90. The number of carbonyl (C=O) groups excluding carboxylic acids is 1. The van der Waals surface area contributed by atoms with E-state index in [0.29, 0.717) is 23.0 Å². The van der Waals surface area contributed by atoms with Gasteiger partial charge in [0.2, 0.25) is 10.0 Å². The number of amides is 1. The van der Waals surface area contributed by atoms with Crippen molar-refractivity contribution in [3.05, 3.63) is 105 Å². The summed E-state index contributed by atoms with van der Waals surface area (Å²) in [7, 11) is -3.87. The molecule has 1 N–H and O–H groups in total. The molecule has 3 aromatic carbocycles. The van der Waals surface area contributed by atoms with Crippen LogP contribution in [0.2, 0.25) is 5.02 Å². The number of sulfonamides is 1. The van der Waals surface area contributed by atoms with Crippen LogP contribution in [-0.4, -0.2) is 37.2 Å².